The van der Waals surface area contributed by atoms with Gasteiger partial charge in [0.2, 0.25) is 5.91 Å². The van der Waals surface area contributed by atoms with E-state index in [0.29, 0.717) is 6.54 Å². The van der Waals surface area contributed by atoms with Gasteiger partial charge in [-0.15, -0.1) is 0 Å². The van der Waals surface area contributed by atoms with Crippen molar-refractivity contribution in [3.05, 3.63) is 59.2 Å². The zero-order valence-corrected chi connectivity index (χ0v) is 14.7. The molecule has 3 rings (SSSR count). The van der Waals surface area contributed by atoms with Gasteiger partial charge >= 0.3 is 6.61 Å². The number of fused-ring (bicyclic) bond motifs is 1. The van der Waals surface area contributed by atoms with Crippen LogP contribution in [0, 0.1) is 0 Å². The molecule has 0 unspecified atom stereocenters. The third-order valence-corrected chi connectivity index (χ3v) is 4.40. The Kier molecular flexibility index (Phi) is 5.83. The van der Waals surface area contributed by atoms with Crippen molar-refractivity contribution in [3.8, 4) is 5.75 Å². The first-order valence-corrected chi connectivity index (χ1v) is 8.63. The number of aryl methyl sites for hydroxylation is 2. The molecule has 0 atom stereocenters. The van der Waals surface area contributed by atoms with Crippen LogP contribution in [0.25, 0.3) is 0 Å². The minimum absolute atomic E-state index is 0.0805. The van der Waals surface area contributed by atoms with Crippen LogP contribution in [0.2, 0.25) is 0 Å². The fraction of sp³-hybridized carbons (Fsp3) is 0.350. The molecule has 6 heteroatoms. The van der Waals surface area contributed by atoms with Crippen molar-refractivity contribution in [3.63, 3.8) is 0 Å². The molecule has 0 aromatic heterocycles. The fourth-order valence-electron chi connectivity index (χ4n) is 3.24. The zero-order chi connectivity index (χ0) is 18.5. The highest BCUT2D eigenvalue weighted by molar-refractivity contribution is 5.92. The number of likely N-dealkylation sites (N-methyl/N-ethyl adjacent to an activating group) is 1. The smallest absolute Gasteiger partial charge is 0.387 e. The van der Waals surface area contributed by atoms with Crippen LogP contribution >= 0.6 is 0 Å². The van der Waals surface area contributed by atoms with Crippen molar-refractivity contribution in [2.75, 3.05) is 18.9 Å². The summed E-state index contributed by atoms with van der Waals surface area (Å²) < 4.78 is 28.6. The van der Waals surface area contributed by atoms with E-state index in [1.165, 1.54) is 29.7 Å². The lowest BCUT2D eigenvalue weighted by molar-refractivity contribution is -0.117. The molecule has 1 N–H and O–H groups in total. The highest BCUT2D eigenvalue weighted by atomic mass is 19.3. The molecular weight excluding hydrogens is 338 g/mol. The number of anilines is 1. The summed E-state index contributed by atoms with van der Waals surface area (Å²) in [6, 6.07) is 12.5. The minimum Gasteiger partial charge on any atom is -0.435 e. The summed E-state index contributed by atoms with van der Waals surface area (Å²) in [7, 11) is 1.84. The Labute approximate surface area is 151 Å². The number of nitrogens with one attached hydrogen (secondary N) is 1. The van der Waals surface area contributed by atoms with Gasteiger partial charge < -0.3 is 10.1 Å². The maximum absolute atomic E-state index is 12.2. The number of carbonyl (C=O) groups is 1. The summed E-state index contributed by atoms with van der Waals surface area (Å²) in [5.74, 6) is 0.0452. The summed E-state index contributed by atoms with van der Waals surface area (Å²) in [6.45, 7) is -2.05. The van der Waals surface area contributed by atoms with Crippen molar-refractivity contribution in [2.45, 2.75) is 32.4 Å². The molecular formula is C20H22F2N2O2. The van der Waals surface area contributed by atoms with E-state index in [1.807, 2.05) is 18.0 Å². The van der Waals surface area contributed by atoms with Gasteiger partial charge in [-0.25, -0.2) is 0 Å². The summed E-state index contributed by atoms with van der Waals surface area (Å²) in [5, 5.41) is 2.94. The Balaban J connectivity index is 1.49. The number of halogens is 2. The van der Waals surface area contributed by atoms with Gasteiger partial charge in [0.1, 0.15) is 5.75 Å². The highest BCUT2D eigenvalue weighted by Crippen LogP contribution is 2.24. The Morgan fingerprint density at radius 1 is 1.15 bits per heavy atom. The number of carbonyl (C=O) groups excluding carboxylic acids is 1. The lowest BCUT2D eigenvalue weighted by Gasteiger charge is -2.17. The monoisotopic (exact) mass is 360 g/mol. The van der Waals surface area contributed by atoms with Gasteiger partial charge in [0.05, 0.1) is 6.54 Å². The summed E-state index contributed by atoms with van der Waals surface area (Å²) >= 11 is 0. The van der Waals surface area contributed by atoms with Gasteiger partial charge in [0.25, 0.3) is 0 Å². The van der Waals surface area contributed by atoms with E-state index >= 15 is 0 Å². The molecule has 0 bridgehead atoms. The van der Waals surface area contributed by atoms with Crippen molar-refractivity contribution in [2.24, 2.45) is 0 Å². The molecule has 0 saturated heterocycles. The second kappa shape index (κ2) is 8.27. The van der Waals surface area contributed by atoms with Crippen LogP contribution in [0.1, 0.15) is 23.1 Å². The number of rotatable bonds is 7. The molecule has 138 valence electrons. The Morgan fingerprint density at radius 3 is 2.62 bits per heavy atom. The third kappa shape index (κ3) is 5.02. The normalized spacial score (nSPS) is 13.1. The van der Waals surface area contributed by atoms with E-state index in [-0.39, 0.29) is 18.2 Å². The molecule has 0 heterocycles. The second-order valence-corrected chi connectivity index (χ2v) is 6.58. The summed E-state index contributed by atoms with van der Waals surface area (Å²) in [6.07, 6.45) is 3.37. The quantitative estimate of drug-likeness (QED) is 0.816. The van der Waals surface area contributed by atoms with E-state index in [0.717, 1.165) is 24.1 Å². The number of nitrogens with zero attached hydrogens (tertiary/aromatic N) is 1. The predicted octanol–water partition coefficient (Wildman–Crippen LogP) is 3.85. The zero-order valence-electron chi connectivity index (χ0n) is 14.7. The molecule has 0 aliphatic heterocycles. The van der Waals surface area contributed by atoms with E-state index in [1.54, 1.807) is 12.1 Å². The van der Waals surface area contributed by atoms with E-state index < -0.39 is 6.61 Å². The first kappa shape index (κ1) is 18.3. The standard InChI is InChI=1S/C20H22F2N2O2/c1-24(12-14-5-9-18(10-6-14)26-20(21)22)13-19(25)23-17-8-7-15-3-2-4-16(15)11-17/h5-11,20H,2-4,12-13H2,1H3,(H,23,25). The molecule has 0 radical (unpaired) electrons. The Bertz CT molecular complexity index is 763. The molecule has 4 nitrogen and oxygen atoms in total. The molecule has 1 aliphatic carbocycles. The lowest BCUT2D eigenvalue weighted by atomic mass is 10.1. The first-order valence-electron chi connectivity index (χ1n) is 8.63. The van der Waals surface area contributed by atoms with E-state index in [4.69, 9.17) is 0 Å². The van der Waals surface area contributed by atoms with Crippen LogP contribution in [0.3, 0.4) is 0 Å². The van der Waals surface area contributed by atoms with Crippen LogP contribution in [0.15, 0.2) is 42.5 Å². The van der Waals surface area contributed by atoms with Crippen molar-refractivity contribution < 1.29 is 18.3 Å². The van der Waals surface area contributed by atoms with Crippen LogP contribution in [-0.2, 0) is 24.2 Å². The van der Waals surface area contributed by atoms with Crippen LogP contribution in [0.4, 0.5) is 14.5 Å². The van der Waals surface area contributed by atoms with Crippen LogP contribution in [0.5, 0.6) is 5.75 Å². The second-order valence-electron chi connectivity index (χ2n) is 6.58. The average molecular weight is 360 g/mol. The van der Waals surface area contributed by atoms with Gasteiger partial charge in [0, 0.05) is 12.2 Å². The maximum Gasteiger partial charge on any atom is 0.387 e. The molecule has 26 heavy (non-hydrogen) atoms. The minimum atomic E-state index is -2.83. The molecule has 2 aromatic rings. The maximum atomic E-state index is 12.2. The van der Waals surface area contributed by atoms with Crippen LogP contribution in [-0.4, -0.2) is 31.0 Å². The summed E-state index contributed by atoms with van der Waals surface area (Å²) in [5.41, 5.74) is 4.44. The van der Waals surface area contributed by atoms with E-state index in [2.05, 4.69) is 22.2 Å². The van der Waals surface area contributed by atoms with Crippen LogP contribution < -0.4 is 10.1 Å². The lowest BCUT2D eigenvalue weighted by Crippen LogP contribution is -2.29. The highest BCUT2D eigenvalue weighted by Gasteiger charge is 2.13. The fourth-order valence-corrected chi connectivity index (χ4v) is 3.24. The van der Waals surface area contributed by atoms with Gasteiger partial charge in [-0.3, -0.25) is 9.69 Å². The molecule has 1 aliphatic rings. The summed E-state index contributed by atoms with van der Waals surface area (Å²) in [4.78, 5) is 14.1. The van der Waals surface area contributed by atoms with Gasteiger partial charge in [-0.05, 0) is 67.3 Å². The number of amides is 1. The molecule has 0 spiro atoms. The number of hydrogen-bond acceptors (Lipinski definition) is 3. The number of hydrogen-bond donors (Lipinski definition) is 1. The molecule has 1 amide bonds. The number of ether oxygens (including phenoxy) is 1. The Hall–Kier alpha value is -2.47. The average Bonchev–Trinajstić information content (AvgIpc) is 3.03. The number of alkyl halides is 2. The third-order valence-electron chi connectivity index (χ3n) is 4.40. The van der Waals surface area contributed by atoms with Gasteiger partial charge in [0.15, 0.2) is 0 Å². The van der Waals surface area contributed by atoms with E-state index in [9.17, 15) is 13.6 Å². The largest absolute Gasteiger partial charge is 0.435 e. The van der Waals surface area contributed by atoms with Gasteiger partial charge in [-0.2, -0.15) is 8.78 Å². The first-order chi connectivity index (χ1) is 12.5. The molecule has 2 aromatic carbocycles. The Morgan fingerprint density at radius 2 is 1.88 bits per heavy atom. The molecule has 0 saturated carbocycles. The van der Waals surface area contributed by atoms with Crippen molar-refractivity contribution in [1.29, 1.82) is 0 Å². The molecule has 0 fully saturated rings. The SMILES string of the molecule is CN(CC(=O)Nc1ccc2c(c1)CCC2)Cc1ccc(OC(F)F)cc1. The topological polar surface area (TPSA) is 41.6 Å². The predicted molar refractivity (Wildman–Crippen MR) is 96.5 cm³/mol. The van der Waals surface area contributed by atoms with Gasteiger partial charge in [-0.1, -0.05) is 18.2 Å². The number of benzene rings is 2. The van der Waals surface area contributed by atoms with Crippen molar-refractivity contribution in [1.82, 2.24) is 4.90 Å². The van der Waals surface area contributed by atoms with Crippen molar-refractivity contribution >= 4 is 11.6 Å².